The van der Waals surface area contributed by atoms with Crippen LogP contribution in [0.3, 0.4) is 0 Å². The Morgan fingerprint density at radius 1 is 0.889 bits per heavy atom. The summed E-state index contributed by atoms with van der Waals surface area (Å²) in [6.07, 6.45) is 5.23. The van der Waals surface area contributed by atoms with E-state index < -0.39 is 0 Å². The maximum absolute atomic E-state index is 14.1. The zero-order chi connectivity index (χ0) is 18.6. The third-order valence-electron chi connectivity index (χ3n) is 6.01. The van der Waals surface area contributed by atoms with E-state index in [2.05, 4.69) is 28.3 Å². The van der Waals surface area contributed by atoms with Gasteiger partial charge in [-0.2, -0.15) is 0 Å². The molecule has 0 amide bonds. The van der Waals surface area contributed by atoms with Gasteiger partial charge in [-0.3, -0.25) is 0 Å². The van der Waals surface area contributed by atoms with Gasteiger partial charge in [0.15, 0.2) is 0 Å². The summed E-state index contributed by atoms with van der Waals surface area (Å²) in [5.74, 6) is 0.745. The first-order chi connectivity index (χ1) is 13.2. The predicted molar refractivity (Wildman–Crippen MR) is 112 cm³/mol. The molecule has 0 aliphatic carbocycles. The zero-order valence-electron chi connectivity index (χ0n) is 16.1. The van der Waals surface area contributed by atoms with E-state index in [1.54, 1.807) is 6.07 Å². The van der Waals surface area contributed by atoms with Crippen molar-refractivity contribution in [3.8, 4) is 11.1 Å². The molecule has 2 heterocycles. The Hall–Kier alpha value is -1.36. The summed E-state index contributed by atoms with van der Waals surface area (Å²) in [6, 6.07) is 16.0. The molecule has 2 saturated heterocycles. The summed E-state index contributed by atoms with van der Waals surface area (Å²) in [7, 11) is 0. The topological polar surface area (TPSA) is 6.48 Å². The van der Waals surface area contributed by atoms with E-state index in [1.807, 2.05) is 36.2 Å². The Labute approximate surface area is 166 Å². The number of benzene rings is 2. The molecule has 0 atom stereocenters. The van der Waals surface area contributed by atoms with Crippen LogP contribution in [-0.2, 0) is 0 Å². The van der Waals surface area contributed by atoms with Gasteiger partial charge in [-0.05, 0) is 80.4 Å². The van der Waals surface area contributed by atoms with Crippen molar-refractivity contribution in [1.82, 2.24) is 9.21 Å². The van der Waals surface area contributed by atoms with Crippen molar-refractivity contribution in [3.05, 3.63) is 54.3 Å². The van der Waals surface area contributed by atoms with E-state index in [1.165, 1.54) is 49.7 Å². The Bertz CT molecular complexity index is 750. The van der Waals surface area contributed by atoms with Crippen LogP contribution in [0.5, 0.6) is 0 Å². The molecule has 2 aromatic rings. The minimum absolute atomic E-state index is 0.156. The molecule has 2 fully saturated rings. The minimum Gasteiger partial charge on any atom is -0.300 e. The van der Waals surface area contributed by atoms with Gasteiger partial charge in [-0.15, -0.1) is 0 Å². The van der Waals surface area contributed by atoms with Crippen molar-refractivity contribution in [2.75, 3.05) is 26.2 Å². The monoisotopic (exact) mass is 384 g/mol. The van der Waals surface area contributed by atoms with E-state index in [-0.39, 0.29) is 5.82 Å². The van der Waals surface area contributed by atoms with Gasteiger partial charge in [0.05, 0.1) is 0 Å². The lowest BCUT2D eigenvalue weighted by Gasteiger charge is -2.41. The highest BCUT2D eigenvalue weighted by Gasteiger charge is 2.27. The van der Waals surface area contributed by atoms with Crippen LogP contribution in [0.1, 0.15) is 32.6 Å². The fraction of sp³-hybridized carbons (Fsp3) is 0.478. The van der Waals surface area contributed by atoms with Crippen LogP contribution in [0, 0.1) is 11.7 Å². The largest absolute Gasteiger partial charge is 0.300 e. The maximum atomic E-state index is 14.1. The molecule has 2 aliphatic heterocycles. The van der Waals surface area contributed by atoms with Crippen molar-refractivity contribution in [2.45, 2.75) is 43.5 Å². The quantitative estimate of drug-likeness (QED) is 0.625. The summed E-state index contributed by atoms with van der Waals surface area (Å²) >= 11 is 1.82. The normalized spacial score (nSPS) is 20.8. The fourth-order valence-electron chi connectivity index (χ4n) is 4.26. The van der Waals surface area contributed by atoms with Crippen LogP contribution in [0.4, 0.5) is 4.39 Å². The maximum Gasteiger partial charge on any atom is 0.131 e. The SMILES string of the molecule is CC1CCN(C2CCN(Sc3cccc(-c4ccccc4F)c3)CC2)CC1. The van der Waals surface area contributed by atoms with Crippen LogP contribution in [0.2, 0.25) is 0 Å². The summed E-state index contributed by atoms with van der Waals surface area (Å²) in [6.45, 7) is 7.20. The molecule has 4 heteroatoms. The Morgan fingerprint density at radius 3 is 2.37 bits per heavy atom. The van der Waals surface area contributed by atoms with E-state index >= 15 is 0 Å². The number of hydrogen-bond acceptors (Lipinski definition) is 3. The molecule has 0 radical (unpaired) electrons. The van der Waals surface area contributed by atoms with Gasteiger partial charge in [-0.1, -0.05) is 37.3 Å². The summed E-state index contributed by atoms with van der Waals surface area (Å²) in [4.78, 5) is 3.92. The van der Waals surface area contributed by atoms with Gasteiger partial charge in [-0.25, -0.2) is 8.70 Å². The highest BCUT2D eigenvalue weighted by molar-refractivity contribution is 7.97. The van der Waals surface area contributed by atoms with Crippen LogP contribution >= 0.6 is 11.9 Å². The van der Waals surface area contributed by atoms with Crippen molar-refractivity contribution in [2.24, 2.45) is 5.92 Å². The number of rotatable bonds is 4. The second-order valence-electron chi connectivity index (χ2n) is 7.98. The third-order valence-corrected chi connectivity index (χ3v) is 7.10. The first-order valence-electron chi connectivity index (χ1n) is 10.2. The average Bonchev–Trinajstić information content (AvgIpc) is 2.70. The molecule has 0 saturated carbocycles. The van der Waals surface area contributed by atoms with Crippen LogP contribution in [0.15, 0.2) is 53.4 Å². The van der Waals surface area contributed by atoms with Crippen LogP contribution < -0.4 is 0 Å². The van der Waals surface area contributed by atoms with E-state index in [0.717, 1.165) is 30.6 Å². The van der Waals surface area contributed by atoms with E-state index in [0.29, 0.717) is 5.56 Å². The predicted octanol–water partition coefficient (Wildman–Crippen LogP) is 5.70. The number of halogens is 1. The Morgan fingerprint density at radius 2 is 1.63 bits per heavy atom. The van der Waals surface area contributed by atoms with Gasteiger partial charge in [0.25, 0.3) is 0 Å². The molecule has 0 spiro atoms. The molecule has 2 aliphatic rings. The lowest BCUT2D eigenvalue weighted by Crippen LogP contribution is -2.46. The van der Waals surface area contributed by atoms with Crippen molar-refractivity contribution < 1.29 is 4.39 Å². The fourth-order valence-corrected chi connectivity index (χ4v) is 5.27. The first kappa shape index (κ1) is 19.0. The standard InChI is InChI=1S/C23H29FN2S/c1-18-9-13-25(14-10-18)20-11-15-26(16-12-20)27-21-6-4-5-19(17-21)22-7-2-3-8-23(22)24/h2-8,17-18,20H,9-16H2,1H3. The Kier molecular flexibility index (Phi) is 6.16. The molecule has 2 nitrogen and oxygen atoms in total. The van der Waals surface area contributed by atoms with Gasteiger partial charge in [0, 0.05) is 29.6 Å². The first-order valence-corrected chi connectivity index (χ1v) is 11.0. The van der Waals surface area contributed by atoms with Crippen molar-refractivity contribution in [1.29, 1.82) is 0 Å². The molecule has 144 valence electrons. The van der Waals surface area contributed by atoms with Crippen LogP contribution in [-0.4, -0.2) is 41.4 Å². The van der Waals surface area contributed by atoms with E-state index in [9.17, 15) is 4.39 Å². The Balaban J connectivity index is 1.34. The molecule has 0 bridgehead atoms. The summed E-state index contributed by atoms with van der Waals surface area (Å²) in [5, 5.41) is 0. The molecular formula is C23H29FN2S. The number of piperidine rings is 2. The molecular weight excluding hydrogens is 355 g/mol. The van der Waals surface area contributed by atoms with Crippen LogP contribution in [0.25, 0.3) is 11.1 Å². The van der Waals surface area contributed by atoms with Gasteiger partial charge in [0.2, 0.25) is 0 Å². The zero-order valence-corrected chi connectivity index (χ0v) is 16.9. The van der Waals surface area contributed by atoms with Gasteiger partial charge in [0.1, 0.15) is 5.82 Å². The highest BCUT2D eigenvalue weighted by Crippen LogP contribution is 2.32. The summed E-state index contributed by atoms with van der Waals surface area (Å²) in [5.41, 5.74) is 1.63. The molecule has 2 aromatic carbocycles. The molecule has 0 N–H and O–H groups in total. The number of likely N-dealkylation sites (tertiary alicyclic amines) is 1. The average molecular weight is 385 g/mol. The second-order valence-corrected chi connectivity index (χ2v) is 9.15. The molecule has 0 unspecified atom stereocenters. The molecule has 4 rings (SSSR count). The minimum atomic E-state index is -0.156. The third kappa shape index (κ3) is 4.74. The lowest BCUT2D eigenvalue weighted by atomic mass is 9.95. The number of nitrogens with zero attached hydrogens (tertiary/aromatic N) is 2. The van der Waals surface area contributed by atoms with Gasteiger partial charge < -0.3 is 4.90 Å². The second kappa shape index (κ2) is 8.76. The molecule has 0 aromatic heterocycles. The van der Waals surface area contributed by atoms with Crippen molar-refractivity contribution in [3.63, 3.8) is 0 Å². The lowest BCUT2D eigenvalue weighted by molar-refractivity contribution is 0.103. The molecule has 27 heavy (non-hydrogen) atoms. The van der Waals surface area contributed by atoms with Gasteiger partial charge >= 0.3 is 0 Å². The van der Waals surface area contributed by atoms with Crippen molar-refractivity contribution >= 4 is 11.9 Å². The smallest absolute Gasteiger partial charge is 0.131 e. The number of hydrogen-bond donors (Lipinski definition) is 0. The van der Waals surface area contributed by atoms with E-state index in [4.69, 9.17) is 0 Å². The highest BCUT2D eigenvalue weighted by atomic mass is 32.2. The summed E-state index contributed by atoms with van der Waals surface area (Å²) < 4.78 is 16.6.